The summed E-state index contributed by atoms with van der Waals surface area (Å²) in [5.41, 5.74) is 2.48. The fraction of sp³-hybridized carbons (Fsp3) is 0.200. The lowest BCUT2D eigenvalue weighted by atomic mass is 10.0. The fourth-order valence-corrected chi connectivity index (χ4v) is 1.42. The summed E-state index contributed by atoms with van der Waals surface area (Å²) in [6.45, 7) is 0.892. The molecule has 1 aliphatic rings. The van der Waals surface area contributed by atoms with Crippen LogP contribution in [0.3, 0.4) is 0 Å². The molecule has 0 radical (unpaired) electrons. The molecule has 1 aliphatic heterocycles. The second-order valence-corrected chi connectivity index (χ2v) is 2.75. The molecule has 2 rings (SSSR count). The zero-order valence-electron chi connectivity index (χ0n) is 7.00. The standard InChI is InChI=1S/C10H11NO/c1-12-10-4-2-3-8-7-11-6-5-9(8)10/h2-6,11H,7H2,1H3. The van der Waals surface area contributed by atoms with E-state index >= 15 is 0 Å². The zero-order chi connectivity index (χ0) is 8.39. The Bertz CT molecular complexity index is 318. The van der Waals surface area contributed by atoms with Gasteiger partial charge in [-0.05, 0) is 23.9 Å². The van der Waals surface area contributed by atoms with Crippen LogP contribution in [0.15, 0.2) is 24.4 Å². The van der Waals surface area contributed by atoms with Gasteiger partial charge in [-0.3, -0.25) is 0 Å². The van der Waals surface area contributed by atoms with E-state index in [9.17, 15) is 0 Å². The summed E-state index contributed by atoms with van der Waals surface area (Å²) in [5, 5.41) is 3.16. The van der Waals surface area contributed by atoms with Crippen molar-refractivity contribution < 1.29 is 4.74 Å². The van der Waals surface area contributed by atoms with Crippen LogP contribution in [-0.4, -0.2) is 7.11 Å². The maximum atomic E-state index is 5.23. The number of benzene rings is 1. The molecule has 12 heavy (non-hydrogen) atoms. The minimum absolute atomic E-state index is 0.892. The van der Waals surface area contributed by atoms with Crippen LogP contribution in [0.4, 0.5) is 0 Å². The first-order valence-corrected chi connectivity index (χ1v) is 3.97. The number of ether oxygens (including phenoxy) is 1. The van der Waals surface area contributed by atoms with E-state index in [4.69, 9.17) is 4.74 Å². The van der Waals surface area contributed by atoms with Crippen molar-refractivity contribution in [3.63, 3.8) is 0 Å². The van der Waals surface area contributed by atoms with Crippen molar-refractivity contribution in [2.75, 3.05) is 7.11 Å². The molecule has 2 nitrogen and oxygen atoms in total. The van der Waals surface area contributed by atoms with Crippen LogP contribution in [0.1, 0.15) is 11.1 Å². The van der Waals surface area contributed by atoms with Crippen LogP contribution in [0.2, 0.25) is 0 Å². The number of fused-ring (bicyclic) bond motifs is 1. The van der Waals surface area contributed by atoms with E-state index in [0.29, 0.717) is 0 Å². The molecular formula is C10H11NO. The minimum atomic E-state index is 0.892. The van der Waals surface area contributed by atoms with Gasteiger partial charge in [0.2, 0.25) is 0 Å². The number of hydrogen-bond acceptors (Lipinski definition) is 2. The first-order chi connectivity index (χ1) is 5.92. The van der Waals surface area contributed by atoms with E-state index in [0.717, 1.165) is 12.3 Å². The van der Waals surface area contributed by atoms with Crippen LogP contribution in [0, 0.1) is 0 Å². The van der Waals surface area contributed by atoms with Gasteiger partial charge in [0.05, 0.1) is 7.11 Å². The van der Waals surface area contributed by atoms with Gasteiger partial charge >= 0.3 is 0 Å². The van der Waals surface area contributed by atoms with Crippen LogP contribution in [0.5, 0.6) is 5.75 Å². The summed E-state index contributed by atoms with van der Waals surface area (Å²) in [6, 6.07) is 6.10. The monoisotopic (exact) mass is 161 g/mol. The highest BCUT2D eigenvalue weighted by atomic mass is 16.5. The lowest BCUT2D eigenvalue weighted by Crippen LogP contribution is -2.10. The SMILES string of the molecule is COc1cccc2c1C=CNC2. The van der Waals surface area contributed by atoms with Crippen molar-refractivity contribution in [2.45, 2.75) is 6.54 Å². The average molecular weight is 161 g/mol. The first-order valence-electron chi connectivity index (χ1n) is 3.97. The molecule has 2 heteroatoms. The maximum Gasteiger partial charge on any atom is 0.126 e. The van der Waals surface area contributed by atoms with E-state index in [-0.39, 0.29) is 0 Å². The highest BCUT2D eigenvalue weighted by Gasteiger charge is 2.07. The van der Waals surface area contributed by atoms with Crippen LogP contribution in [0.25, 0.3) is 6.08 Å². The molecule has 62 valence electrons. The van der Waals surface area contributed by atoms with Gasteiger partial charge in [0.25, 0.3) is 0 Å². The second-order valence-electron chi connectivity index (χ2n) is 2.75. The van der Waals surface area contributed by atoms with E-state index in [1.165, 1.54) is 11.1 Å². The van der Waals surface area contributed by atoms with Gasteiger partial charge in [-0.2, -0.15) is 0 Å². The van der Waals surface area contributed by atoms with Crippen LogP contribution in [-0.2, 0) is 6.54 Å². The van der Waals surface area contributed by atoms with E-state index < -0.39 is 0 Å². The predicted octanol–water partition coefficient (Wildman–Crippen LogP) is 1.77. The Morgan fingerprint density at radius 2 is 2.33 bits per heavy atom. The summed E-state index contributed by atoms with van der Waals surface area (Å²) >= 11 is 0. The molecule has 1 aromatic carbocycles. The van der Waals surface area contributed by atoms with Gasteiger partial charge in [-0.15, -0.1) is 0 Å². The first kappa shape index (κ1) is 7.22. The Labute approximate surface area is 71.9 Å². The number of methoxy groups -OCH3 is 1. The lowest BCUT2D eigenvalue weighted by Gasteiger charge is -2.14. The molecule has 0 bridgehead atoms. The molecular weight excluding hydrogens is 150 g/mol. The van der Waals surface area contributed by atoms with Crippen molar-refractivity contribution in [3.05, 3.63) is 35.5 Å². The Balaban J connectivity index is 2.54. The Morgan fingerprint density at radius 1 is 1.42 bits per heavy atom. The van der Waals surface area contributed by atoms with Crippen molar-refractivity contribution in [2.24, 2.45) is 0 Å². The van der Waals surface area contributed by atoms with Crippen molar-refractivity contribution in [1.29, 1.82) is 0 Å². The van der Waals surface area contributed by atoms with Crippen LogP contribution < -0.4 is 10.1 Å². The maximum absolute atomic E-state index is 5.23. The molecule has 0 atom stereocenters. The highest BCUT2D eigenvalue weighted by molar-refractivity contribution is 5.62. The van der Waals surface area contributed by atoms with E-state index in [2.05, 4.69) is 11.4 Å². The Morgan fingerprint density at radius 3 is 3.17 bits per heavy atom. The predicted molar refractivity (Wildman–Crippen MR) is 48.9 cm³/mol. The van der Waals surface area contributed by atoms with Gasteiger partial charge in [-0.1, -0.05) is 12.1 Å². The molecule has 0 aliphatic carbocycles. The minimum Gasteiger partial charge on any atom is -0.496 e. The molecule has 1 aromatic rings. The molecule has 0 aromatic heterocycles. The largest absolute Gasteiger partial charge is 0.496 e. The smallest absolute Gasteiger partial charge is 0.126 e. The topological polar surface area (TPSA) is 21.3 Å². The van der Waals surface area contributed by atoms with E-state index in [1.54, 1.807) is 7.11 Å². The van der Waals surface area contributed by atoms with Gasteiger partial charge in [0.1, 0.15) is 5.75 Å². The summed E-state index contributed by atoms with van der Waals surface area (Å²) in [7, 11) is 1.70. The number of hydrogen-bond donors (Lipinski definition) is 1. The number of rotatable bonds is 1. The van der Waals surface area contributed by atoms with Gasteiger partial charge in [0, 0.05) is 12.1 Å². The molecule has 0 spiro atoms. The van der Waals surface area contributed by atoms with Gasteiger partial charge in [0.15, 0.2) is 0 Å². The zero-order valence-corrected chi connectivity index (χ0v) is 7.00. The average Bonchev–Trinajstić information content (AvgIpc) is 2.17. The molecule has 0 saturated carbocycles. The van der Waals surface area contributed by atoms with Crippen molar-refractivity contribution in [3.8, 4) is 5.75 Å². The summed E-state index contributed by atoms with van der Waals surface area (Å²) in [5.74, 6) is 0.949. The normalized spacial score (nSPS) is 13.4. The highest BCUT2D eigenvalue weighted by Crippen LogP contribution is 2.25. The summed E-state index contributed by atoms with van der Waals surface area (Å²) in [6.07, 6.45) is 3.99. The van der Waals surface area contributed by atoms with Gasteiger partial charge < -0.3 is 10.1 Å². The number of nitrogens with one attached hydrogen (secondary N) is 1. The third-order valence-corrected chi connectivity index (χ3v) is 2.04. The van der Waals surface area contributed by atoms with Gasteiger partial charge in [-0.25, -0.2) is 0 Å². The second kappa shape index (κ2) is 2.89. The Kier molecular flexibility index (Phi) is 1.74. The summed E-state index contributed by atoms with van der Waals surface area (Å²) in [4.78, 5) is 0. The third kappa shape index (κ3) is 1.05. The molecule has 0 fully saturated rings. The molecule has 0 unspecified atom stereocenters. The quantitative estimate of drug-likeness (QED) is 0.677. The Hall–Kier alpha value is -1.44. The van der Waals surface area contributed by atoms with Crippen molar-refractivity contribution in [1.82, 2.24) is 5.32 Å². The lowest BCUT2D eigenvalue weighted by molar-refractivity contribution is 0.413. The third-order valence-electron chi connectivity index (χ3n) is 2.04. The fourth-order valence-electron chi connectivity index (χ4n) is 1.42. The van der Waals surface area contributed by atoms with E-state index in [1.807, 2.05) is 24.4 Å². The van der Waals surface area contributed by atoms with Crippen LogP contribution >= 0.6 is 0 Å². The molecule has 1 N–H and O–H groups in total. The summed E-state index contributed by atoms with van der Waals surface area (Å²) < 4.78 is 5.23. The molecule has 0 saturated heterocycles. The van der Waals surface area contributed by atoms with Crippen molar-refractivity contribution >= 4 is 6.08 Å². The molecule has 1 heterocycles. The molecule has 0 amide bonds.